The zero-order valence-corrected chi connectivity index (χ0v) is 15.5. The molecule has 1 heterocycles. The number of nitrogens with one attached hydrogen (secondary N) is 2. The highest BCUT2D eigenvalue weighted by molar-refractivity contribution is 6.30. The summed E-state index contributed by atoms with van der Waals surface area (Å²) in [6.07, 6.45) is -3.88. The summed E-state index contributed by atoms with van der Waals surface area (Å²) in [4.78, 5) is 7.77. The number of aromatic nitrogens is 2. The molecule has 0 aliphatic carbocycles. The first-order chi connectivity index (χ1) is 13.3. The number of alkyl halides is 3. The number of anilines is 4. The van der Waals surface area contributed by atoms with Gasteiger partial charge in [0.2, 0.25) is 5.95 Å². The predicted molar refractivity (Wildman–Crippen MR) is 103 cm³/mol. The molecule has 0 aliphatic heterocycles. The van der Waals surface area contributed by atoms with E-state index < -0.39 is 11.7 Å². The van der Waals surface area contributed by atoms with Gasteiger partial charge in [0.05, 0.1) is 6.61 Å². The van der Waals surface area contributed by atoms with Crippen LogP contribution in [0, 0.1) is 0 Å². The van der Waals surface area contributed by atoms with Crippen LogP contribution in [0.1, 0.15) is 12.5 Å². The zero-order chi connectivity index (χ0) is 20.1. The Balaban J connectivity index is 1.92. The SMILES string of the molecule is CCOc1cccc(Nc2nc(Nc3ccc(Cl)cc3)ncc2C(F)(F)F)c1. The average molecular weight is 409 g/mol. The number of halogens is 4. The number of rotatable bonds is 6. The summed E-state index contributed by atoms with van der Waals surface area (Å²) in [5.41, 5.74) is 0.0250. The van der Waals surface area contributed by atoms with Gasteiger partial charge in [-0.25, -0.2) is 4.98 Å². The summed E-state index contributed by atoms with van der Waals surface area (Å²) in [6, 6.07) is 13.2. The van der Waals surface area contributed by atoms with Gasteiger partial charge in [0.25, 0.3) is 0 Å². The molecule has 3 rings (SSSR count). The first-order valence-electron chi connectivity index (χ1n) is 8.32. The van der Waals surface area contributed by atoms with E-state index in [2.05, 4.69) is 20.6 Å². The third-order valence-corrected chi connectivity index (χ3v) is 3.85. The maximum atomic E-state index is 13.4. The normalized spacial score (nSPS) is 11.2. The Morgan fingerprint density at radius 2 is 1.79 bits per heavy atom. The van der Waals surface area contributed by atoms with Crippen molar-refractivity contribution in [2.75, 3.05) is 17.2 Å². The van der Waals surface area contributed by atoms with E-state index in [1.165, 1.54) is 0 Å². The molecule has 3 aromatic rings. The molecule has 28 heavy (non-hydrogen) atoms. The summed E-state index contributed by atoms with van der Waals surface area (Å²) in [6.45, 7) is 2.26. The van der Waals surface area contributed by atoms with Crippen LogP contribution in [0.4, 0.5) is 36.3 Å². The molecule has 0 atom stereocenters. The molecule has 1 aromatic heterocycles. The highest BCUT2D eigenvalue weighted by Gasteiger charge is 2.35. The molecular weight excluding hydrogens is 393 g/mol. The molecule has 9 heteroatoms. The Morgan fingerprint density at radius 1 is 1.04 bits per heavy atom. The first-order valence-corrected chi connectivity index (χ1v) is 8.69. The molecule has 0 bridgehead atoms. The van der Waals surface area contributed by atoms with E-state index in [-0.39, 0.29) is 11.8 Å². The fourth-order valence-corrected chi connectivity index (χ4v) is 2.50. The Morgan fingerprint density at radius 3 is 2.46 bits per heavy atom. The lowest BCUT2D eigenvalue weighted by Crippen LogP contribution is -2.12. The molecule has 146 valence electrons. The van der Waals surface area contributed by atoms with Gasteiger partial charge in [0.15, 0.2) is 0 Å². The van der Waals surface area contributed by atoms with Gasteiger partial charge < -0.3 is 15.4 Å². The van der Waals surface area contributed by atoms with Crippen molar-refractivity contribution in [1.29, 1.82) is 0 Å². The molecule has 0 saturated heterocycles. The van der Waals surface area contributed by atoms with Crippen molar-refractivity contribution in [2.24, 2.45) is 0 Å². The van der Waals surface area contributed by atoms with E-state index in [9.17, 15) is 13.2 Å². The molecule has 0 unspecified atom stereocenters. The zero-order valence-electron chi connectivity index (χ0n) is 14.7. The molecule has 0 spiro atoms. The maximum absolute atomic E-state index is 13.4. The van der Waals surface area contributed by atoms with Crippen molar-refractivity contribution in [1.82, 2.24) is 9.97 Å². The Labute approximate surface area is 164 Å². The summed E-state index contributed by atoms with van der Waals surface area (Å²) in [7, 11) is 0. The Hall–Kier alpha value is -3.00. The average Bonchev–Trinajstić information content (AvgIpc) is 2.63. The minimum absolute atomic E-state index is 0.0128. The Bertz CT molecular complexity index is 949. The number of hydrogen-bond acceptors (Lipinski definition) is 5. The van der Waals surface area contributed by atoms with Crippen molar-refractivity contribution in [3.05, 3.63) is 65.3 Å². The third-order valence-electron chi connectivity index (χ3n) is 3.60. The van der Waals surface area contributed by atoms with Crippen molar-refractivity contribution in [3.63, 3.8) is 0 Å². The number of benzene rings is 2. The topological polar surface area (TPSA) is 59.1 Å². The number of hydrogen-bond donors (Lipinski definition) is 2. The number of nitrogens with zero attached hydrogens (tertiary/aromatic N) is 2. The highest BCUT2D eigenvalue weighted by Crippen LogP contribution is 2.35. The van der Waals surface area contributed by atoms with Crippen molar-refractivity contribution >= 4 is 34.7 Å². The molecular formula is C19H16ClF3N4O. The van der Waals surface area contributed by atoms with Crippen LogP contribution in [0.5, 0.6) is 5.75 Å². The van der Waals surface area contributed by atoms with Crippen molar-refractivity contribution in [3.8, 4) is 5.75 Å². The lowest BCUT2D eigenvalue weighted by molar-refractivity contribution is -0.137. The largest absolute Gasteiger partial charge is 0.494 e. The minimum atomic E-state index is -4.61. The van der Waals surface area contributed by atoms with E-state index in [1.54, 1.807) is 48.5 Å². The summed E-state index contributed by atoms with van der Waals surface area (Å²) < 4.78 is 45.5. The van der Waals surface area contributed by atoms with Gasteiger partial charge in [-0.2, -0.15) is 18.2 Å². The smallest absolute Gasteiger partial charge is 0.421 e. The van der Waals surface area contributed by atoms with E-state index >= 15 is 0 Å². The van der Waals surface area contributed by atoms with Gasteiger partial charge in [-0.3, -0.25) is 0 Å². The van der Waals surface area contributed by atoms with Crippen LogP contribution in [0.3, 0.4) is 0 Å². The second-order valence-corrected chi connectivity index (χ2v) is 6.11. The van der Waals surface area contributed by atoms with Crippen LogP contribution in [-0.4, -0.2) is 16.6 Å². The standard InChI is InChI=1S/C19H16ClF3N4O/c1-2-28-15-5-3-4-14(10-15)25-17-16(19(21,22)23)11-24-18(27-17)26-13-8-6-12(20)7-9-13/h3-11H,2H2,1H3,(H2,24,25,26,27). The fourth-order valence-electron chi connectivity index (χ4n) is 2.37. The number of ether oxygens (including phenoxy) is 1. The molecule has 0 aliphatic rings. The van der Waals surface area contributed by atoms with Crippen molar-refractivity contribution < 1.29 is 17.9 Å². The van der Waals surface area contributed by atoms with Crippen LogP contribution in [0.25, 0.3) is 0 Å². The molecule has 0 amide bonds. The van der Waals surface area contributed by atoms with Crippen LogP contribution < -0.4 is 15.4 Å². The maximum Gasteiger partial charge on any atom is 0.421 e. The van der Waals surface area contributed by atoms with Crippen LogP contribution >= 0.6 is 11.6 Å². The predicted octanol–water partition coefficient (Wildman–Crippen LogP) is 6.03. The van der Waals surface area contributed by atoms with Gasteiger partial charge in [-0.15, -0.1) is 0 Å². The molecule has 5 nitrogen and oxygen atoms in total. The van der Waals surface area contributed by atoms with Crippen LogP contribution in [-0.2, 0) is 6.18 Å². The summed E-state index contributed by atoms with van der Waals surface area (Å²) >= 11 is 5.83. The highest BCUT2D eigenvalue weighted by atomic mass is 35.5. The second-order valence-electron chi connectivity index (χ2n) is 5.67. The lowest BCUT2D eigenvalue weighted by Gasteiger charge is -2.15. The van der Waals surface area contributed by atoms with E-state index in [4.69, 9.17) is 16.3 Å². The molecule has 0 saturated carbocycles. The van der Waals surface area contributed by atoms with Gasteiger partial charge >= 0.3 is 6.18 Å². The van der Waals surface area contributed by atoms with Gasteiger partial charge in [-0.1, -0.05) is 17.7 Å². The lowest BCUT2D eigenvalue weighted by atomic mass is 10.2. The summed E-state index contributed by atoms with van der Waals surface area (Å²) in [5.74, 6) is 0.182. The van der Waals surface area contributed by atoms with Gasteiger partial charge in [0, 0.05) is 28.7 Å². The van der Waals surface area contributed by atoms with Gasteiger partial charge in [0.1, 0.15) is 17.1 Å². The van der Waals surface area contributed by atoms with Crippen molar-refractivity contribution in [2.45, 2.75) is 13.1 Å². The molecule has 2 aromatic carbocycles. The first kappa shape index (κ1) is 19.8. The minimum Gasteiger partial charge on any atom is -0.494 e. The fraction of sp³-hybridized carbons (Fsp3) is 0.158. The van der Waals surface area contributed by atoms with E-state index in [1.807, 2.05) is 6.92 Å². The third kappa shape index (κ3) is 5.04. The quantitative estimate of drug-likeness (QED) is 0.521. The molecule has 0 radical (unpaired) electrons. The Kier molecular flexibility index (Phi) is 5.89. The van der Waals surface area contributed by atoms with Crippen LogP contribution in [0.2, 0.25) is 5.02 Å². The monoisotopic (exact) mass is 408 g/mol. The van der Waals surface area contributed by atoms with Gasteiger partial charge in [-0.05, 0) is 43.3 Å². The molecule has 2 N–H and O–H groups in total. The van der Waals surface area contributed by atoms with E-state index in [0.717, 1.165) is 6.20 Å². The second kappa shape index (κ2) is 8.35. The van der Waals surface area contributed by atoms with E-state index in [0.29, 0.717) is 28.8 Å². The summed E-state index contributed by atoms with van der Waals surface area (Å²) in [5, 5.41) is 6.09. The molecule has 0 fully saturated rings. The van der Waals surface area contributed by atoms with Crippen LogP contribution in [0.15, 0.2) is 54.7 Å².